The molecule has 1 aromatic heterocycles. The Kier molecular flexibility index (Phi) is 3.57. The van der Waals surface area contributed by atoms with Crippen LogP contribution in [0.3, 0.4) is 0 Å². The molecule has 0 atom stereocenters. The highest BCUT2D eigenvalue weighted by atomic mass is 16.5. The monoisotopic (exact) mass is 243 g/mol. The third kappa shape index (κ3) is 2.85. The van der Waals surface area contributed by atoms with Gasteiger partial charge in [-0.25, -0.2) is 0 Å². The molecule has 0 spiro atoms. The Labute approximate surface area is 105 Å². The number of pyridine rings is 1. The van der Waals surface area contributed by atoms with Crippen LogP contribution in [-0.2, 0) is 11.2 Å². The summed E-state index contributed by atoms with van der Waals surface area (Å²) in [5.41, 5.74) is 2.13. The van der Waals surface area contributed by atoms with Gasteiger partial charge in [0.15, 0.2) is 0 Å². The molecular weight excluding hydrogens is 230 g/mol. The van der Waals surface area contributed by atoms with E-state index < -0.39 is 5.97 Å². The number of rotatable bonds is 4. The van der Waals surface area contributed by atoms with Crippen molar-refractivity contribution in [3.63, 3.8) is 0 Å². The molecule has 0 amide bonds. The number of aliphatic carboxylic acids is 1. The number of aromatic nitrogens is 1. The first-order valence-electron chi connectivity index (χ1n) is 5.51. The van der Waals surface area contributed by atoms with Gasteiger partial charge < -0.3 is 9.84 Å². The maximum Gasteiger partial charge on any atom is 0.309 e. The molecule has 0 radical (unpaired) electrons. The van der Waals surface area contributed by atoms with Gasteiger partial charge in [0.25, 0.3) is 0 Å². The van der Waals surface area contributed by atoms with E-state index in [1.807, 2.05) is 30.3 Å². The van der Waals surface area contributed by atoms with Gasteiger partial charge in [-0.3, -0.25) is 9.78 Å². The minimum atomic E-state index is -0.908. The van der Waals surface area contributed by atoms with Crippen molar-refractivity contribution >= 4 is 5.97 Å². The standard InChI is InChI=1S/C14H13NO3/c1-18-12-7-11(8-14(16)17)15-13(9-12)10-5-3-2-4-6-10/h2-7,9H,8H2,1H3,(H,16,17). The Bertz CT molecular complexity index is 552. The van der Waals surface area contributed by atoms with E-state index in [0.29, 0.717) is 17.1 Å². The van der Waals surface area contributed by atoms with E-state index in [2.05, 4.69) is 4.98 Å². The fourth-order valence-electron chi connectivity index (χ4n) is 1.68. The molecule has 1 heterocycles. The van der Waals surface area contributed by atoms with Gasteiger partial charge in [-0.1, -0.05) is 30.3 Å². The zero-order chi connectivity index (χ0) is 13.0. The third-order valence-electron chi connectivity index (χ3n) is 2.49. The second kappa shape index (κ2) is 5.31. The molecule has 2 rings (SSSR count). The molecule has 2 aromatic rings. The third-order valence-corrected chi connectivity index (χ3v) is 2.49. The van der Waals surface area contributed by atoms with Crippen molar-refractivity contribution in [2.24, 2.45) is 0 Å². The maximum atomic E-state index is 10.7. The number of methoxy groups -OCH3 is 1. The highest BCUT2D eigenvalue weighted by Crippen LogP contribution is 2.23. The second-order valence-electron chi connectivity index (χ2n) is 3.82. The molecule has 18 heavy (non-hydrogen) atoms. The van der Waals surface area contributed by atoms with Crippen molar-refractivity contribution in [3.8, 4) is 17.0 Å². The lowest BCUT2D eigenvalue weighted by atomic mass is 10.1. The summed E-state index contributed by atoms with van der Waals surface area (Å²) in [6.07, 6.45) is -0.114. The van der Waals surface area contributed by atoms with Crippen molar-refractivity contribution in [2.45, 2.75) is 6.42 Å². The first-order chi connectivity index (χ1) is 8.69. The number of carboxylic acid groups (broad SMARTS) is 1. The molecule has 1 aromatic carbocycles. The number of carboxylic acids is 1. The molecule has 0 aliphatic rings. The minimum Gasteiger partial charge on any atom is -0.497 e. The Morgan fingerprint density at radius 3 is 2.61 bits per heavy atom. The first kappa shape index (κ1) is 12.1. The molecule has 92 valence electrons. The van der Waals surface area contributed by atoms with E-state index in [1.54, 1.807) is 19.2 Å². The predicted molar refractivity (Wildman–Crippen MR) is 67.6 cm³/mol. The van der Waals surface area contributed by atoms with Crippen molar-refractivity contribution in [1.29, 1.82) is 0 Å². The van der Waals surface area contributed by atoms with Gasteiger partial charge in [0.05, 0.1) is 24.9 Å². The van der Waals surface area contributed by atoms with Crippen molar-refractivity contribution in [1.82, 2.24) is 4.98 Å². The highest BCUT2D eigenvalue weighted by Gasteiger charge is 2.08. The van der Waals surface area contributed by atoms with Crippen molar-refractivity contribution < 1.29 is 14.6 Å². The Hall–Kier alpha value is -2.36. The molecule has 0 saturated heterocycles. The van der Waals surface area contributed by atoms with Crippen LogP contribution in [0, 0.1) is 0 Å². The van der Waals surface area contributed by atoms with Crippen molar-refractivity contribution in [3.05, 3.63) is 48.2 Å². The molecule has 0 fully saturated rings. The van der Waals surface area contributed by atoms with Crippen LogP contribution in [-0.4, -0.2) is 23.2 Å². The van der Waals surface area contributed by atoms with Crippen LogP contribution in [0.25, 0.3) is 11.3 Å². The summed E-state index contributed by atoms with van der Waals surface area (Å²) in [5.74, 6) is -0.296. The van der Waals surface area contributed by atoms with Crippen LogP contribution in [0.15, 0.2) is 42.5 Å². The molecule has 4 heteroatoms. The van der Waals surface area contributed by atoms with E-state index in [-0.39, 0.29) is 6.42 Å². The van der Waals surface area contributed by atoms with Crippen molar-refractivity contribution in [2.75, 3.05) is 7.11 Å². The summed E-state index contributed by atoms with van der Waals surface area (Å²) in [7, 11) is 1.55. The van der Waals surface area contributed by atoms with Crippen LogP contribution >= 0.6 is 0 Å². The number of carbonyl (C=O) groups is 1. The van der Waals surface area contributed by atoms with Gasteiger partial charge in [-0.2, -0.15) is 0 Å². The van der Waals surface area contributed by atoms with Gasteiger partial charge >= 0.3 is 5.97 Å². The summed E-state index contributed by atoms with van der Waals surface area (Å²) in [6, 6.07) is 13.0. The Morgan fingerprint density at radius 1 is 1.28 bits per heavy atom. The molecule has 0 aliphatic heterocycles. The smallest absolute Gasteiger partial charge is 0.309 e. The van der Waals surface area contributed by atoms with Gasteiger partial charge in [-0.05, 0) is 0 Å². The summed E-state index contributed by atoms with van der Waals surface area (Å²) in [4.78, 5) is 15.1. The van der Waals surface area contributed by atoms with E-state index in [1.165, 1.54) is 0 Å². The average molecular weight is 243 g/mol. The van der Waals surface area contributed by atoms with Crippen LogP contribution < -0.4 is 4.74 Å². The van der Waals surface area contributed by atoms with E-state index in [4.69, 9.17) is 9.84 Å². The molecule has 4 nitrogen and oxygen atoms in total. The topological polar surface area (TPSA) is 59.4 Å². The number of ether oxygens (including phenoxy) is 1. The fourth-order valence-corrected chi connectivity index (χ4v) is 1.68. The summed E-state index contributed by atoms with van der Waals surface area (Å²) < 4.78 is 5.17. The summed E-state index contributed by atoms with van der Waals surface area (Å²) in [5, 5.41) is 8.81. The SMILES string of the molecule is COc1cc(CC(=O)O)nc(-c2ccccc2)c1. The summed E-state index contributed by atoms with van der Waals surface area (Å²) in [6.45, 7) is 0. The van der Waals surface area contributed by atoms with E-state index in [0.717, 1.165) is 5.56 Å². The number of hydrogen-bond donors (Lipinski definition) is 1. The van der Waals surface area contributed by atoms with Gasteiger partial charge in [0.1, 0.15) is 5.75 Å². The van der Waals surface area contributed by atoms with Gasteiger partial charge in [0, 0.05) is 17.7 Å². The molecule has 0 saturated carbocycles. The van der Waals surface area contributed by atoms with E-state index in [9.17, 15) is 4.79 Å². The fraction of sp³-hybridized carbons (Fsp3) is 0.143. The first-order valence-corrected chi connectivity index (χ1v) is 5.51. The van der Waals surface area contributed by atoms with Crippen LogP contribution in [0.2, 0.25) is 0 Å². The maximum absolute atomic E-state index is 10.7. The number of benzene rings is 1. The normalized spacial score (nSPS) is 10.1. The van der Waals surface area contributed by atoms with Gasteiger partial charge in [-0.15, -0.1) is 0 Å². The minimum absolute atomic E-state index is 0.114. The van der Waals surface area contributed by atoms with Crippen LogP contribution in [0.1, 0.15) is 5.69 Å². The summed E-state index contributed by atoms with van der Waals surface area (Å²) >= 11 is 0. The Balaban J connectivity index is 2.44. The predicted octanol–water partition coefficient (Wildman–Crippen LogP) is 2.38. The van der Waals surface area contributed by atoms with Gasteiger partial charge in [0.2, 0.25) is 0 Å². The number of nitrogens with zero attached hydrogens (tertiary/aromatic N) is 1. The lowest BCUT2D eigenvalue weighted by Crippen LogP contribution is -2.03. The lowest BCUT2D eigenvalue weighted by molar-refractivity contribution is -0.136. The largest absolute Gasteiger partial charge is 0.497 e. The second-order valence-corrected chi connectivity index (χ2v) is 3.82. The van der Waals surface area contributed by atoms with Crippen LogP contribution in [0.5, 0.6) is 5.75 Å². The molecular formula is C14H13NO3. The van der Waals surface area contributed by atoms with Crippen LogP contribution in [0.4, 0.5) is 0 Å². The molecule has 1 N–H and O–H groups in total. The zero-order valence-electron chi connectivity index (χ0n) is 9.96. The highest BCUT2D eigenvalue weighted by molar-refractivity contribution is 5.70. The zero-order valence-corrected chi connectivity index (χ0v) is 9.96. The molecule has 0 aliphatic carbocycles. The Morgan fingerprint density at radius 2 is 2.00 bits per heavy atom. The number of hydrogen-bond acceptors (Lipinski definition) is 3. The molecule has 0 unspecified atom stereocenters. The quantitative estimate of drug-likeness (QED) is 0.895. The average Bonchev–Trinajstić information content (AvgIpc) is 2.38. The van der Waals surface area contributed by atoms with E-state index >= 15 is 0 Å². The molecule has 0 bridgehead atoms. The lowest BCUT2D eigenvalue weighted by Gasteiger charge is -2.07.